The maximum absolute atomic E-state index is 12.9. The van der Waals surface area contributed by atoms with Crippen LogP contribution in [0.25, 0.3) is 0 Å². The highest BCUT2D eigenvalue weighted by Crippen LogP contribution is 2.30. The molecule has 0 aromatic heterocycles. The van der Waals surface area contributed by atoms with Crippen molar-refractivity contribution in [2.24, 2.45) is 17.8 Å². The van der Waals surface area contributed by atoms with Crippen molar-refractivity contribution in [3.05, 3.63) is 23.8 Å². The molecule has 1 aromatic carbocycles. The molecule has 1 aliphatic rings. The average Bonchev–Trinajstić information content (AvgIpc) is 2.56. The number of amides is 2. The van der Waals surface area contributed by atoms with Crippen LogP contribution >= 0.6 is 0 Å². The number of hydrogen-bond acceptors (Lipinski definition) is 3. The highest BCUT2D eigenvalue weighted by atomic mass is 16.2. The van der Waals surface area contributed by atoms with Gasteiger partial charge in [-0.15, -0.1) is 0 Å². The summed E-state index contributed by atoms with van der Waals surface area (Å²) in [6.45, 7) is 10.8. The molecule has 0 bridgehead atoms. The molecule has 0 spiro atoms. The first-order valence-electron chi connectivity index (χ1n) is 10.5. The predicted molar refractivity (Wildman–Crippen MR) is 116 cm³/mol. The van der Waals surface area contributed by atoms with Gasteiger partial charge in [-0.3, -0.25) is 9.59 Å². The number of nitrogens with one attached hydrogen (secondary N) is 1. The summed E-state index contributed by atoms with van der Waals surface area (Å²) in [7, 11) is 4.01. The zero-order valence-corrected chi connectivity index (χ0v) is 18.6. The summed E-state index contributed by atoms with van der Waals surface area (Å²) in [5.74, 6) is 0.741. The summed E-state index contributed by atoms with van der Waals surface area (Å²) in [6.07, 6.45) is 3.11. The molecule has 1 aromatic rings. The molecule has 0 heterocycles. The minimum absolute atomic E-state index is 0.0505. The largest absolute Gasteiger partial charge is 0.377 e. The average molecular weight is 388 g/mol. The fourth-order valence-electron chi connectivity index (χ4n) is 3.44. The lowest BCUT2D eigenvalue weighted by Gasteiger charge is -2.34. The van der Waals surface area contributed by atoms with Crippen LogP contribution in [0.3, 0.4) is 0 Å². The number of anilines is 2. The van der Waals surface area contributed by atoms with E-state index in [4.69, 9.17) is 0 Å². The SMILES string of the molecule is CC(C)C(=O)N(Cc1cc(NC(=O)C2CCC2)ccc1N(C)C)[C@H](C)C(C)C. The molecule has 0 radical (unpaired) electrons. The van der Waals surface area contributed by atoms with Gasteiger partial charge in [0.25, 0.3) is 0 Å². The minimum Gasteiger partial charge on any atom is -0.377 e. The summed E-state index contributed by atoms with van der Waals surface area (Å²) in [5.41, 5.74) is 2.93. The first-order valence-corrected chi connectivity index (χ1v) is 10.5. The van der Waals surface area contributed by atoms with Crippen LogP contribution in [-0.2, 0) is 16.1 Å². The van der Waals surface area contributed by atoms with Gasteiger partial charge in [0.15, 0.2) is 0 Å². The minimum atomic E-state index is -0.0505. The fraction of sp³-hybridized carbons (Fsp3) is 0.652. The van der Waals surface area contributed by atoms with Gasteiger partial charge in [0, 0.05) is 49.9 Å². The topological polar surface area (TPSA) is 52.7 Å². The van der Waals surface area contributed by atoms with Crippen molar-refractivity contribution >= 4 is 23.2 Å². The second-order valence-electron chi connectivity index (χ2n) is 8.96. The van der Waals surface area contributed by atoms with Gasteiger partial charge in [0.05, 0.1) is 0 Å². The van der Waals surface area contributed by atoms with Crippen LogP contribution in [-0.4, -0.2) is 36.9 Å². The Morgan fingerprint density at radius 2 is 1.75 bits per heavy atom. The fourth-order valence-corrected chi connectivity index (χ4v) is 3.44. The molecule has 2 amide bonds. The molecule has 0 aliphatic heterocycles. The van der Waals surface area contributed by atoms with Gasteiger partial charge in [-0.25, -0.2) is 0 Å². The molecule has 0 unspecified atom stereocenters. The van der Waals surface area contributed by atoms with Crippen LogP contribution in [0.5, 0.6) is 0 Å². The molecular weight excluding hydrogens is 350 g/mol. The Labute approximate surface area is 170 Å². The number of nitrogens with zero attached hydrogens (tertiary/aromatic N) is 2. The van der Waals surface area contributed by atoms with E-state index in [2.05, 4.69) is 31.0 Å². The van der Waals surface area contributed by atoms with E-state index < -0.39 is 0 Å². The first-order chi connectivity index (χ1) is 13.1. The van der Waals surface area contributed by atoms with Crippen molar-refractivity contribution in [2.75, 3.05) is 24.3 Å². The molecular formula is C23H37N3O2. The lowest BCUT2D eigenvalue weighted by atomic mass is 9.85. The van der Waals surface area contributed by atoms with Gasteiger partial charge in [-0.2, -0.15) is 0 Å². The zero-order valence-electron chi connectivity index (χ0n) is 18.6. The summed E-state index contributed by atoms with van der Waals surface area (Å²) < 4.78 is 0. The van der Waals surface area contributed by atoms with Crippen LogP contribution in [0.4, 0.5) is 11.4 Å². The van der Waals surface area contributed by atoms with Crippen molar-refractivity contribution in [1.82, 2.24) is 4.90 Å². The van der Waals surface area contributed by atoms with E-state index in [1.165, 1.54) is 0 Å². The highest BCUT2D eigenvalue weighted by molar-refractivity contribution is 5.93. The molecule has 1 aliphatic carbocycles. The Morgan fingerprint density at radius 1 is 1.11 bits per heavy atom. The zero-order chi connectivity index (χ0) is 21.0. The first kappa shape index (κ1) is 22.3. The molecule has 1 atom stereocenters. The van der Waals surface area contributed by atoms with E-state index >= 15 is 0 Å². The number of rotatable bonds is 8. The summed E-state index contributed by atoms with van der Waals surface area (Å²) in [4.78, 5) is 29.3. The van der Waals surface area contributed by atoms with Crippen molar-refractivity contribution < 1.29 is 9.59 Å². The Morgan fingerprint density at radius 3 is 2.21 bits per heavy atom. The van der Waals surface area contributed by atoms with Crippen LogP contribution in [0, 0.1) is 17.8 Å². The Balaban J connectivity index is 2.31. The molecule has 0 saturated heterocycles. The van der Waals surface area contributed by atoms with Crippen molar-refractivity contribution in [3.8, 4) is 0 Å². The third-order valence-electron chi connectivity index (χ3n) is 5.88. The second-order valence-corrected chi connectivity index (χ2v) is 8.96. The van der Waals surface area contributed by atoms with Gasteiger partial charge in [0.1, 0.15) is 0 Å². The maximum atomic E-state index is 12.9. The summed E-state index contributed by atoms with van der Waals surface area (Å²) in [5, 5.41) is 3.07. The van der Waals surface area contributed by atoms with Crippen LogP contribution in [0.2, 0.25) is 0 Å². The summed E-state index contributed by atoms with van der Waals surface area (Å²) >= 11 is 0. The molecule has 5 heteroatoms. The standard InChI is InChI=1S/C23H37N3O2/c1-15(2)17(5)26(23(28)16(3)4)14-19-13-20(11-12-21(19)25(6)7)24-22(27)18-9-8-10-18/h11-13,15-18H,8-10,14H2,1-7H3,(H,24,27)/t17-/m1/s1. The second kappa shape index (κ2) is 9.44. The van der Waals surface area contributed by atoms with Crippen molar-refractivity contribution in [1.29, 1.82) is 0 Å². The number of benzene rings is 1. The highest BCUT2D eigenvalue weighted by Gasteiger charge is 2.27. The van der Waals surface area contributed by atoms with Crippen LogP contribution in [0.15, 0.2) is 18.2 Å². The molecule has 28 heavy (non-hydrogen) atoms. The van der Waals surface area contributed by atoms with Crippen molar-refractivity contribution in [2.45, 2.75) is 66.5 Å². The lowest BCUT2D eigenvalue weighted by Crippen LogP contribution is -2.43. The van der Waals surface area contributed by atoms with E-state index in [1.54, 1.807) is 0 Å². The molecule has 1 saturated carbocycles. The number of hydrogen-bond donors (Lipinski definition) is 1. The molecule has 2 rings (SSSR count). The quantitative estimate of drug-likeness (QED) is 0.713. The number of carbonyl (C=O) groups is 2. The Kier molecular flexibility index (Phi) is 7.50. The summed E-state index contributed by atoms with van der Waals surface area (Å²) in [6, 6.07) is 6.15. The van der Waals surface area contributed by atoms with Gasteiger partial charge in [0.2, 0.25) is 11.8 Å². The van der Waals surface area contributed by atoms with E-state index in [9.17, 15) is 9.59 Å². The third-order valence-corrected chi connectivity index (χ3v) is 5.88. The lowest BCUT2D eigenvalue weighted by molar-refractivity contribution is -0.138. The Hall–Kier alpha value is -2.04. The molecule has 1 N–H and O–H groups in total. The van der Waals surface area contributed by atoms with E-state index in [0.29, 0.717) is 12.5 Å². The van der Waals surface area contributed by atoms with Crippen LogP contribution in [0.1, 0.15) is 59.4 Å². The third kappa shape index (κ3) is 5.27. The maximum Gasteiger partial charge on any atom is 0.227 e. The molecule has 5 nitrogen and oxygen atoms in total. The molecule has 156 valence electrons. The smallest absolute Gasteiger partial charge is 0.227 e. The van der Waals surface area contributed by atoms with E-state index in [1.807, 2.05) is 51.0 Å². The normalized spacial score (nSPS) is 15.3. The van der Waals surface area contributed by atoms with Gasteiger partial charge >= 0.3 is 0 Å². The molecule has 1 fully saturated rings. The van der Waals surface area contributed by atoms with E-state index in [-0.39, 0.29) is 29.7 Å². The predicted octanol–water partition coefficient (Wildman–Crippen LogP) is 4.52. The van der Waals surface area contributed by atoms with E-state index in [0.717, 1.165) is 36.2 Å². The van der Waals surface area contributed by atoms with Crippen LogP contribution < -0.4 is 10.2 Å². The van der Waals surface area contributed by atoms with Crippen molar-refractivity contribution in [3.63, 3.8) is 0 Å². The van der Waals surface area contributed by atoms with Gasteiger partial charge in [-0.05, 0) is 49.4 Å². The number of carbonyl (C=O) groups excluding carboxylic acids is 2. The monoisotopic (exact) mass is 387 g/mol. The Bertz CT molecular complexity index is 693. The van der Waals surface area contributed by atoms with Gasteiger partial charge in [-0.1, -0.05) is 34.1 Å². The van der Waals surface area contributed by atoms with Gasteiger partial charge < -0.3 is 15.1 Å².